The summed E-state index contributed by atoms with van der Waals surface area (Å²) in [4.78, 5) is 26.3. The minimum Gasteiger partial charge on any atom is -0.352 e. The molecule has 1 unspecified atom stereocenters. The zero-order valence-corrected chi connectivity index (χ0v) is 14.0. The zero-order chi connectivity index (χ0) is 18.0. The second-order valence-corrected chi connectivity index (χ2v) is 6.88. The molecule has 1 aromatic carbocycles. The van der Waals surface area contributed by atoms with Crippen LogP contribution in [0.3, 0.4) is 0 Å². The Bertz CT molecular complexity index is 656. The van der Waals surface area contributed by atoms with Crippen molar-refractivity contribution in [2.24, 2.45) is 17.6 Å². The Balaban J connectivity index is 1.54. The highest BCUT2D eigenvalue weighted by atomic mass is 19.1. The van der Waals surface area contributed by atoms with E-state index in [9.17, 15) is 18.4 Å². The van der Waals surface area contributed by atoms with Crippen molar-refractivity contribution in [3.05, 3.63) is 35.4 Å². The Morgan fingerprint density at radius 2 is 1.88 bits per heavy atom. The molecular weight excluding hydrogens is 328 g/mol. The van der Waals surface area contributed by atoms with Crippen molar-refractivity contribution in [1.29, 1.82) is 0 Å². The molecule has 1 saturated heterocycles. The lowest BCUT2D eigenvalue weighted by Gasteiger charge is -2.32. The number of amides is 2. The van der Waals surface area contributed by atoms with Crippen LogP contribution in [0.5, 0.6) is 0 Å². The minimum absolute atomic E-state index is 0.0117. The van der Waals surface area contributed by atoms with Gasteiger partial charge in [-0.2, -0.15) is 0 Å². The summed E-state index contributed by atoms with van der Waals surface area (Å²) in [6.45, 7) is 1.20. The number of likely N-dealkylation sites (tertiary alicyclic amines) is 1. The minimum atomic E-state index is -0.861. The van der Waals surface area contributed by atoms with Crippen LogP contribution in [0.1, 0.15) is 36.0 Å². The number of rotatable bonds is 5. The van der Waals surface area contributed by atoms with Crippen LogP contribution >= 0.6 is 0 Å². The number of halogens is 2. The second-order valence-electron chi connectivity index (χ2n) is 6.88. The molecule has 1 aromatic rings. The topological polar surface area (TPSA) is 75.4 Å². The van der Waals surface area contributed by atoms with Crippen LogP contribution < -0.4 is 11.1 Å². The van der Waals surface area contributed by atoms with Crippen molar-refractivity contribution >= 4 is 11.8 Å². The Labute approximate surface area is 145 Å². The van der Waals surface area contributed by atoms with E-state index < -0.39 is 17.5 Å². The summed E-state index contributed by atoms with van der Waals surface area (Å²) in [5, 5.41) is 3.02. The third-order valence-electron chi connectivity index (χ3n) is 5.09. The summed E-state index contributed by atoms with van der Waals surface area (Å²) >= 11 is 0. The van der Waals surface area contributed by atoms with Gasteiger partial charge >= 0.3 is 0 Å². The number of piperidine rings is 1. The fraction of sp³-hybridized carbons (Fsp3) is 0.556. The van der Waals surface area contributed by atoms with Crippen molar-refractivity contribution in [2.45, 2.75) is 31.7 Å². The maximum absolute atomic E-state index is 13.8. The lowest BCUT2D eigenvalue weighted by atomic mass is 9.94. The number of carbonyl (C=O) groups excluding carboxylic acids is 2. The predicted octanol–water partition coefficient (Wildman–Crippen LogP) is 1.67. The molecule has 25 heavy (non-hydrogen) atoms. The number of hydrogen-bond donors (Lipinski definition) is 2. The fourth-order valence-corrected chi connectivity index (χ4v) is 3.35. The summed E-state index contributed by atoms with van der Waals surface area (Å²) in [6.07, 6.45) is 3.28. The van der Waals surface area contributed by atoms with E-state index in [0.29, 0.717) is 44.5 Å². The van der Waals surface area contributed by atoms with E-state index in [4.69, 9.17) is 5.73 Å². The highest BCUT2D eigenvalue weighted by Gasteiger charge is 2.34. The first-order valence-electron chi connectivity index (χ1n) is 8.74. The normalized spacial score (nSPS) is 19.6. The van der Waals surface area contributed by atoms with Crippen molar-refractivity contribution in [2.75, 3.05) is 19.6 Å². The summed E-state index contributed by atoms with van der Waals surface area (Å²) < 4.78 is 26.7. The van der Waals surface area contributed by atoms with Gasteiger partial charge in [0.1, 0.15) is 11.6 Å². The number of nitrogens with two attached hydrogens (primary N) is 1. The highest BCUT2D eigenvalue weighted by molar-refractivity contribution is 5.94. The van der Waals surface area contributed by atoms with Gasteiger partial charge in [-0.05, 0) is 43.7 Å². The van der Waals surface area contributed by atoms with Gasteiger partial charge < -0.3 is 16.0 Å². The quantitative estimate of drug-likeness (QED) is 0.847. The van der Waals surface area contributed by atoms with Crippen LogP contribution in [0, 0.1) is 23.5 Å². The first-order chi connectivity index (χ1) is 12.0. The summed E-state index contributed by atoms with van der Waals surface area (Å²) in [7, 11) is 0. The maximum Gasteiger partial charge on any atom is 0.256 e. The number of nitrogens with zero attached hydrogens (tertiary/aromatic N) is 1. The van der Waals surface area contributed by atoms with E-state index in [1.54, 1.807) is 0 Å². The van der Waals surface area contributed by atoms with Crippen LogP contribution in [0.2, 0.25) is 0 Å². The molecule has 1 saturated carbocycles. The standard InChI is InChI=1S/C18H23F2N3O2/c19-13-3-4-14(15(20)9-13)18(25)23-7-5-12(6-8-23)17(24)22-16(10-21)11-1-2-11/h3-4,9,11-12,16H,1-2,5-8,10,21H2,(H,22,24). The summed E-state index contributed by atoms with van der Waals surface area (Å²) in [6, 6.07) is 2.98. The molecule has 2 amide bonds. The molecule has 3 N–H and O–H groups in total. The molecule has 0 spiro atoms. The average molecular weight is 351 g/mol. The van der Waals surface area contributed by atoms with Crippen LogP contribution in [-0.2, 0) is 4.79 Å². The number of benzene rings is 1. The number of hydrogen-bond acceptors (Lipinski definition) is 3. The van der Waals surface area contributed by atoms with Gasteiger partial charge in [-0.15, -0.1) is 0 Å². The largest absolute Gasteiger partial charge is 0.352 e. The van der Waals surface area contributed by atoms with Gasteiger partial charge in [-0.1, -0.05) is 0 Å². The smallest absolute Gasteiger partial charge is 0.256 e. The van der Waals surface area contributed by atoms with Crippen LogP contribution in [0.15, 0.2) is 18.2 Å². The third-order valence-corrected chi connectivity index (χ3v) is 5.09. The monoisotopic (exact) mass is 351 g/mol. The van der Waals surface area contributed by atoms with Gasteiger partial charge in [-0.3, -0.25) is 9.59 Å². The van der Waals surface area contributed by atoms with Crippen molar-refractivity contribution < 1.29 is 18.4 Å². The van der Waals surface area contributed by atoms with Crippen molar-refractivity contribution in [1.82, 2.24) is 10.2 Å². The van der Waals surface area contributed by atoms with Gasteiger partial charge in [0.2, 0.25) is 5.91 Å². The molecule has 1 aliphatic heterocycles. The van der Waals surface area contributed by atoms with Crippen molar-refractivity contribution in [3.63, 3.8) is 0 Å². The van der Waals surface area contributed by atoms with Crippen molar-refractivity contribution in [3.8, 4) is 0 Å². The van der Waals surface area contributed by atoms with E-state index in [1.807, 2.05) is 0 Å². The number of carbonyl (C=O) groups is 2. The molecule has 7 heteroatoms. The lowest BCUT2D eigenvalue weighted by Crippen LogP contribution is -2.48. The molecule has 136 valence electrons. The predicted molar refractivity (Wildman–Crippen MR) is 88.7 cm³/mol. The molecule has 2 aliphatic rings. The lowest BCUT2D eigenvalue weighted by molar-refractivity contribution is -0.127. The highest BCUT2D eigenvalue weighted by Crippen LogP contribution is 2.32. The van der Waals surface area contributed by atoms with E-state index in [0.717, 1.165) is 25.0 Å². The Kier molecular flexibility index (Phi) is 5.32. The molecule has 2 fully saturated rings. The molecule has 0 bridgehead atoms. The molecule has 1 heterocycles. The average Bonchev–Trinajstić information content (AvgIpc) is 3.44. The zero-order valence-electron chi connectivity index (χ0n) is 14.0. The SMILES string of the molecule is NCC(NC(=O)C1CCN(C(=O)c2ccc(F)cc2F)CC1)C1CC1. The van der Waals surface area contributed by atoms with Crippen LogP contribution in [0.4, 0.5) is 8.78 Å². The third kappa shape index (κ3) is 4.15. The number of nitrogens with one attached hydrogen (secondary N) is 1. The first-order valence-corrected chi connectivity index (χ1v) is 8.74. The van der Waals surface area contributed by atoms with E-state index in [1.165, 1.54) is 4.90 Å². The van der Waals surface area contributed by atoms with Crippen LogP contribution in [0.25, 0.3) is 0 Å². The Hall–Kier alpha value is -2.02. The molecule has 3 rings (SSSR count). The van der Waals surface area contributed by atoms with E-state index >= 15 is 0 Å². The Morgan fingerprint density at radius 3 is 2.44 bits per heavy atom. The van der Waals surface area contributed by atoms with E-state index in [-0.39, 0.29) is 23.4 Å². The van der Waals surface area contributed by atoms with Gasteiger partial charge in [0.15, 0.2) is 0 Å². The molecule has 0 radical (unpaired) electrons. The second kappa shape index (κ2) is 7.47. The van der Waals surface area contributed by atoms with Gasteiger partial charge in [0, 0.05) is 37.7 Å². The summed E-state index contributed by atoms with van der Waals surface area (Å²) in [5.41, 5.74) is 5.57. The van der Waals surface area contributed by atoms with Crippen LogP contribution in [-0.4, -0.2) is 42.4 Å². The molecule has 5 nitrogen and oxygen atoms in total. The first kappa shape index (κ1) is 17.8. The van der Waals surface area contributed by atoms with Gasteiger partial charge in [-0.25, -0.2) is 8.78 Å². The van der Waals surface area contributed by atoms with Gasteiger partial charge in [0.05, 0.1) is 5.56 Å². The van der Waals surface area contributed by atoms with Gasteiger partial charge in [0.25, 0.3) is 5.91 Å². The maximum atomic E-state index is 13.8. The fourth-order valence-electron chi connectivity index (χ4n) is 3.35. The molecule has 1 aliphatic carbocycles. The molecule has 0 aromatic heterocycles. The summed E-state index contributed by atoms with van der Waals surface area (Å²) in [5.74, 6) is -1.71. The molecule has 1 atom stereocenters. The van der Waals surface area contributed by atoms with E-state index in [2.05, 4.69) is 5.32 Å². The Morgan fingerprint density at radius 1 is 1.20 bits per heavy atom. The molecular formula is C18H23F2N3O2.